The maximum Gasteiger partial charge on any atom is 0.472 e. The molecule has 0 saturated heterocycles. The predicted octanol–water partition coefficient (Wildman–Crippen LogP) is 11.1. The summed E-state index contributed by atoms with van der Waals surface area (Å²) in [6.45, 7) is 3.66. The molecule has 2 atom stereocenters. The maximum absolute atomic E-state index is 12.5. The van der Waals surface area contributed by atoms with Gasteiger partial charge in [0.1, 0.15) is 6.61 Å². The highest BCUT2D eigenvalue weighted by atomic mass is 31.2. The summed E-state index contributed by atoms with van der Waals surface area (Å²) in [6.07, 6.45) is 35.7. The Labute approximate surface area is 300 Å². The number of unbranched alkanes of at least 4 members (excludes halogenated alkanes) is 25. The van der Waals surface area contributed by atoms with Gasteiger partial charge in [0, 0.05) is 19.0 Å². The Morgan fingerprint density at radius 2 is 1.06 bits per heavy atom. The summed E-state index contributed by atoms with van der Waals surface area (Å²) in [6, 6.07) is 0. The molecule has 49 heavy (non-hydrogen) atoms. The third-order valence-electron chi connectivity index (χ3n) is 8.72. The van der Waals surface area contributed by atoms with Crippen LogP contribution >= 0.6 is 7.82 Å². The van der Waals surface area contributed by atoms with Gasteiger partial charge in [0.15, 0.2) is 6.10 Å². The molecule has 0 amide bonds. The SMILES string of the molecule is CCCCCCCCCCCCCCCC=CC(=O)O[C@H](COC(=O)CCCCCCCCCCCCCCC)COP(=O)(O)OCCN. The predicted molar refractivity (Wildman–Crippen MR) is 201 cm³/mol. The van der Waals surface area contributed by atoms with Gasteiger partial charge in [0.25, 0.3) is 0 Å². The van der Waals surface area contributed by atoms with Crippen LogP contribution in [0.4, 0.5) is 0 Å². The van der Waals surface area contributed by atoms with Crippen LogP contribution in [-0.4, -0.2) is 49.3 Å². The molecule has 0 aliphatic rings. The lowest BCUT2D eigenvalue weighted by Gasteiger charge is -2.19. The Bertz CT molecular complexity index is 825. The van der Waals surface area contributed by atoms with Crippen molar-refractivity contribution in [2.75, 3.05) is 26.4 Å². The van der Waals surface area contributed by atoms with Gasteiger partial charge in [-0.2, -0.15) is 0 Å². The van der Waals surface area contributed by atoms with Crippen molar-refractivity contribution in [3.8, 4) is 0 Å². The summed E-state index contributed by atoms with van der Waals surface area (Å²) in [5.74, 6) is -1.01. The standard InChI is InChI=1S/C39H76NO8P/c1-3-5-7-9-11-13-15-17-18-20-22-24-26-28-30-32-39(42)48-37(36-47-49(43,44)46-34-33-40)35-45-38(41)31-29-27-25-23-21-19-16-14-12-10-8-6-4-2/h30,32,37H,3-29,31,33-36,40H2,1-2H3,(H,43,44)/t37-/m1/s1. The number of hydrogen-bond acceptors (Lipinski definition) is 8. The van der Waals surface area contributed by atoms with E-state index in [9.17, 15) is 19.0 Å². The van der Waals surface area contributed by atoms with Gasteiger partial charge in [-0.25, -0.2) is 9.36 Å². The van der Waals surface area contributed by atoms with Gasteiger partial charge in [-0.3, -0.25) is 13.8 Å². The number of ether oxygens (including phenoxy) is 2. The Morgan fingerprint density at radius 1 is 0.633 bits per heavy atom. The summed E-state index contributed by atoms with van der Waals surface area (Å²) in [7, 11) is -4.38. The molecule has 10 heteroatoms. The first-order valence-corrected chi connectivity index (χ1v) is 21.7. The molecular formula is C39H76NO8P. The van der Waals surface area contributed by atoms with Crippen LogP contribution in [0.5, 0.6) is 0 Å². The summed E-state index contributed by atoms with van der Waals surface area (Å²) in [5.41, 5.74) is 5.33. The molecular weight excluding hydrogens is 641 g/mol. The van der Waals surface area contributed by atoms with Crippen molar-refractivity contribution < 1.29 is 37.6 Å². The van der Waals surface area contributed by atoms with Gasteiger partial charge >= 0.3 is 19.8 Å². The minimum atomic E-state index is -4.38. The topological polar surface area (TPSA) is 134 Å². The van der Waals surface area contributed by atoms with E-state index in [0.29, 0.717) is 0 Å². The molecule has 290 valence electrons. The van der Waals surface area contributed by atoms with Gasteiger partial charge in [0.05, 0.1) is 13.2 Å². The largest absolute Gasteiger partial charge is 0.472 e. The Balaban J connectivity index is 4.22. The van der Waals surface area contributed by atoms with Crippen LogP contribution in [0.3, 0.4) is 0 Å². The zero-order valence-electron chi connectivity index (χ0n) is 31.7. The van der Waals surface area contributed by atoms with Gasteiger partial charge in [0.2, 0.25) is 0 Å². The highest BCUT2D eigenvalue weighted by Crippen LogP contribution is 2.43. The molecule has 0 heterocycles. The molecule has 0 saturated carbocycles. The molecule has 1 unspecified atom stereocenters. The number of nitrogens with two attached hydrogens (primary N) is 1. The summed E-state index contributed by atoms with van der Waals surface area (Å²) < 4.78 is 32.5. The third-order valence-corrected chi connectivity index (χ3v) is 9.71. The lowest BCUT2D eigenvalue weighted by atomic mass is 10.0. The van der Waals surface area contributed by atoms with Crippen molar-refractivity contribution in [1.82, 2.24) is 0 Å². The molecule has 9 nitrogen and oxygen atoms in total. The van der Waals surface area contributed by atoms with E-state index in [4.69, 9.17) is 24.3 Å². The molecule has 0 aromatic heterocycles. The molecule has 0 rings (SSSR count). The minimum absolute atomic E-state index is 0.0488. The van der Waals surface area contributed by atoms with E-state index < -0.39 is 32.5 Å². The van der Waals surface area contributed by atoms with Gasteiger partial charge in [-0.1, -0.05) is 174 Å². The van der Waals surface area contributed by atoms with Crippen molar-refractivity contribution in [3.63, 3.8) is 0 Å². The molecule has 0 spiro atoms. The van der Waals surface area contributed by atoms with Crippen LogP contribution in [-0.2, 0) is 32.7 Å². The maximum atomic E-state index is 12.5. The molecule has 0 bridgehead atoms. The van der Waals surface area contributed by atoms with Crippen molar-refractivity contribution in [2.24, 2.45) is 5.73 Å². The second kappa shape index (κ2) is 36.5. The highest BCUT2D eigenvalue weighted by Gasteiger charge is 2.25. The van der Waals surface area contributed by atoms with E-state index in [2.05, 4.69) is 13.8 Å². The van der Waals surface area contributed by atoms with E-state index >= 15 is 0 Å². The molecule has 0 aromatic rings. The Kier molecular flexibility index (Phi) is 35.6. The van der Waals surface area contributed by atoms with Crippen molar-refractivity contribution in [3.05, 3.63) is 12.2 Å². The number of rotatable bonds is 38. The number of hydrogen-bond donors (Lipinski definition) is 2. The molecule has 0 aliphatic heterocycles. The van der Waals surface area contributed by atoms with Gasteiger partial charge in [-0.15, -0.1) is 0 Å². The number of esters is 2. The first-order chi connectivity index (χ1) is 23.8. The van der Waals surface area contributed by atoms with Crippen molar-refractivity contribution >= 4 is 19.8 Å². The average Bonchev–Trinajstić information content (AvgIpc) is 3.08. The lowest BCUT2D eigenvalue weighted by Crippen LogP contribution is -2.29. The smallest absolute Gasteiger partial charge is 0.462 e. The van der Waals surface area contributed by atoms with E-state index in [1.807, 2.05) is 0 Å². The van der Waals surface area contributed by atoms with Gasteiger partial charge in [-0.05, 0) is 19.3 Å². The van der Waals surface area contributed by atoms with Crippen LogP contribution in [0.2, 0.25) is 0 Å². The van der Waals surface area contributed by atoms with Crippen LogP contribution in [0.25, 0.3) is 0 Å². The monoisotopic (exact) mass is 718 g/mol. The van der Waals surface area contributed by atoms with Crippen molar-refractivity contribution in [1.29, 1.82) is 0 Å². The third kappa shape index (κ3) is 36.3. The number of phosphoric acid groups is 1. The zero-order valence-corrected chi connectivity index (χ0v) is 32.6. The fourth-order valence-electron chi connectivity index (χ4n) is 5.71. The molecule has 0 aromatic carbocycles. The lowest BCUT2D eigenvalue weighted by molar-refractivity contribution is -0.157. The van der Waals surface area contributed by atoms with Crippen molar-refractivity contribution in [2.45, 2.75) is 200 Å². The van der Waals surface area contributed by atoms with Crippen LogP contribution in [0, 0.1) is 0 Å². The Hall–Kier alpha value is -1.25. The molecule has 0 aliphatic carbocycles. The molecule has 0 radical (unpaired) electrons. The highest BCUT2D eigenvalue weighted by molar-refractivity contribution is 7.47. The summed E-state index contributed by atoms with van der Waals surface area (Å²) in [4.78, 5) is 34.6. The minimum Gasteiger partial charge on any atom is -0.462 e. The second-order valence-electron chi connectivity index (χ2n) is 13.6. The van der Waals surface area contributed by atoms with E-state index in [-0.39, 0.29) is 26.2 Å². The number of carbonyl (C=O) groups is 2. The second-order valence-corrected chi connectivity index (χ2v) is 15.0. The summed E-state index contributed by atoms with van der Waals surface area (Å²) >= 11 is 0. The molecule has 0 fully saturated rings. The number of carbonyl (C=O) groups excluding carboxylic acids is 2. The van der Waals surface area contributed by atoms with E-state index in [0.717, 1.165) is 38.5 Å². The summed E-state index contributed by atoms with van der Waals surface area (Å²) in [5, 5.41) is 0. The van der Waals surface area contributed by atoms with Crippen LogP contribution in [0.1, 0.15) is 194 Å². The van der Waals surface area contributed by atoms with Crippen LogP contribution < -0.4 is 5.73 Å². The fraction of sp³-hybridized carbons (Fsp3) is 0.897. The van der Waals surface area contributed by atoms with Gasteiger partial charge < -0.3 is 20.1 Å². The normalized spacial score (nSPS) is 13.5. The average molecular weight is 718 g/mol. The van der Waals surface area contributed by atoms with E-state index in [1.54, 1.807) is 6.08 Å². The first-order valence-electron chi connectivity index (χ1n) is 20.2. The van der Waals surface area contributed by atoms with E-state index in [1.165, 1.54) is 141 Å². The molecule has 3 N–H and O–H groups in total. The number of allylic oxidation sites excluding steroid dienone is 1. The fourth-order valence-corrected chi connectivity index (χ4v) is 6.47. The van der Waals surface area contributed by atoms with Crippen LogP contribution in [0.15, 0.2) is 12.2 Å². The quantitative estimate of drug-likeness (QED) is 0.0277. The Morgan fingerprint density at radius 3 is 1.51 bits per heavy atom. The first kappa shape index (κ1) is 47.8. The zero-order chi connectivity index (χ0) is 36.1. The number of phosphoric ester groups is 1.